The molecule has 0 spiro atoms. The molecule has 1 heterocycles. The second-order valence-electron chi connectivity index (χ2n) is 7.17. The Bertz CT molecular complexity index is 1060. The number of benzene rings is 2. The summed E-state index contributed by atoms with van der Waals surface area (Å²) >= 11 is 5.60. The number of methoxy groups -OCH3 is 2. The second-order valence-corrected chi connectivity index (χ2v) is 9.51. The van der Waals surface area contributed by atoms with E-state index >= 15 is 0 Å². The first-order chi connectivity index (χ1) is 15.0. The van der Waals surface area contributed by atoms with Crippen molar-refractivity contribution in [2.75, 3.05) is 40.4 Å². The second kappa shape index (κ2) is 9.34. The number of alkyl halides is 3. The molecule has 1 aliphatic rings. The summed E-state index contributed by atoms with van der Waals surface area (Å²) in [7, 11) is -1.27. The van der Waals surface area contributed by atoms with Crippen LogP contribution in [0.25, 0.3) is 0 Å². The minimum Gasteiger partial charge on any atom is -0.502 e. The van der Waals surface area contributed by atoms with Crippen molar-refractivity contribution >= 4 is 21.6 Å². The summed E-state index contributed by atoms with van der Waals surface area (Å²) in [6.07, 6.45) is -4.76. The molecule has 1 fully saturated rings. The zero-order valence-corrected chi connectivity index (χ0v) is 18.9. The lowest BCUT2D eigenvalue weighted by Crippen LogP contribution is -2.48. The number of hydrogen-bond donors (Lipinski definition) is 1. The first-order valence-corrected chi connectivity index (χ1v) is 11.3. The molecule has 176 valence electrons. The Kier molecular flexibility index (Phi) is 7.13. The Balaban J connectivity index is 1.72. The minimum absolute atomic E-state index is 0.110. The third-order valence-corrected chi connectivity index (χ3v) is 7.38. The van der Waals surface area contributed by atoms with E-state index in [0.29, 0.717) is 25.7 Å². The van der Waals surface area contributed by atoms with Gasteiger partial charge in [-0.2, -0.15) is 17.5 Å². The van der Waals surface area contributed by atoms with Gasteiger partial charge in [0.15, 0.2) is 11.5 Å². The molecule has 12 heteroatoms. The van der Waals surface area contributed by atoms with Crippen LogP contribution in [0.15, 0.2) is 35.2 Å². The minimum atomic E-state index is -4.76. The average Bonchev–Trinajstić information content (AvgIpc) is 2.74. The SMILES string of the molecule is COc1cc(CN2CCN(S(=O)(=O)c3ccc(Cl)c(C(F)(F)F)c3)CC2)cc(OC)c1O. The van der Waals surface area contributed by atoms with E-state index in [0.717, 1.165) is 22.0 Å². The Hall–Kier alpha value is -2.21. The van der Waals surface area contributed by atoms with Gasteiger partial charge in [0.1, 0.15) is 0 Å². The highest BCUT2D eigenvalue weighted by molar-refractivity contribution is 7.89. The highest BCUT2D eigenvalue weighted by Gasteiger charge is 2.36. The molecular weight excluding hydrogens is 473 g/mol. The molecule has 0 aliphatic carbocycles. The van der Waals surface area contributed by atoms with Crippen molar-refractivity contribution in [1.29, 1.82) is 0 Å². The van der Waals surface area contributed by atoms with Crippen LogP contribution < -0.4 is 9.47 Å². The topological polar surface area (TPSA) is 79.3 Å². The maximum atomic E-state index is 13.1. The standard InChI is InChI=1S/C20H22ClF3N2O5S/c1-30-17-9-13(10-18(31-2)19(17)27)12-25-5-7-26(8-6-25)32(28,29)14-3-4-16(21)15(11-14)20(22,23)24/h3-4,9-11,27H,5-8,12H2,1-2H3. The van der Waals surface area contributed by atoms with Gasteiger partial charge < -0.3 is 14.6 Å². The molecule has 1 N–H and O–H groups in total. The van der Waals surface area contributed by atoms with Crippen molar-refractivity contribution in [3.63, 3.8) is 0 Å². The van der Waals surface area contributed by atoms with E-state index in [4.69, 9.17) is 21.1 Å². The molecular formula is C20H22ClF3N2O5S. The normalized spacial score (nSPS) is 16.2. The number of piperazine rings is 1. The fourth-order valence-electron chi connectivity index (χ4n) is 3.46. The van der Waals surface area contributed by atoms with Crippen LogP contribution in [0.1, 0.15) is 11.1 Å². The molecule has 0 amide bonds. The summed E-state index contributed by atoms with van der Waals surface area (Å²) in [5.41, 5.74) is -0.394. The summed E-state index contributed by atoms with van der Waals surface area (Å²) in [5.74, 6) is 0.392. The smallest absolute Gasteiger partial charge is 0.417 e. The molecule has 0 atom stereocenters. The molecule has 0 bridgehead atoms. The molecule has 3 rings (SSSR count). The Morgan fingerprint density at radius 2 is 1.59 bits per heavy atom. The van der Waals surface area contributed by atoms with Gasteiger partial charge in [0.25, 0.3) is 0 Å². The van der Waals surface area contributed by atoms with E-state index in [1.807, 2.05) is 4.90 Å². The van der Waals surface area contributed by atoms with Crippen LogP contribution in [0.5, 0.6) is 17.2 Å². The van der Waals surface area contributed by atoms with Gasteiger partial charge in [0, 0.05) is 32.7 Å². The summed E-state index contributed by atoms with van der Waals surface area (Å²) < 4.78 is 76.6. The zero-order valence-electron chi connectivity index (χ0n) is 17.3. The lowest BCUT2D eigenvalue weighted by atomic mass is 10.1. The zero-order chi connectivity index (χ0) is 23.7. The van der Waals surface area contributed by atoms with Crippen LogP contribution in [0, 0.1) is 0 Å². The van der Waals surface area contributed by atoms with Crippen LogP contribution in [-0.2, 0) is 22.7 Å². The van der Waals surface area contributed by atoms with Gasteiger partial charge in [-0.1, -0.05) is 11.6 Å². The summed E-state index contributed by atoms with van der Waals surface area (Å²) in [5, 5.41) is 9.47. The number of phenolic OH excluding ortho intramolecular Hbond substituents is 1. The molecule has 32 heavy (non-hydrogen) atoms. The number of halogens is 4. The van der Waals surface area contributed by atoms with Crippen LogP contribution in [-0.4, -0.2) is 63.1 Å². The third-order valence-electron chi connectivity index (χ3n) is 5.16. The molecule has 2 aromatic carbocycles. The van der Waals surface area contributed by atoms with Crippen molar-refractivity contribution in [3.05, 3.63) is 46.5 Å². The van der Waals surface area contributed by atoms with E-state index < -0.39 is 31.7 Å². The van der Waals surface area contributed by atoms with Crippen LogP contribution in [0.3, 0.4) is 0 Å². The quantitative estimate of drug-likeness (QED) is 0.661. The first kappa shape index (κ1) is 24.4. The van der Waals surface area contributed by atoms with Gasteiger partial charge in [-0.25, -0.2) is 8.42 Å². The summed E-state index contributed by atoms with van der Waals surface area (Å²) in [6, 6.07) is 5.91. The fourth-order valence-corrected chi connectivity index (χ4v) is 5.13. The van der Waals surface area contributed by atoms with Gasteiger partial charge in [-0.3, -0.25) is 4.90 Å². The first-order valence-electron chi connectivity index (χ1n) is 9.50. The maximum Gasteiger partial charge on any atom is 0.417 e. The molecule has 0 radical (unpaired) electrons. The third kappa shape index (κ3) is 5.06. The van der Waals surface area contributed by atoms with Gasteiger partial charge in [-0.15, -0.1) is 0 Å². The lowest BCUT2D eigenvalue weighted by Gasteiger charge is -2.34. The number of hydrogen-bond acceptors (Lipinski definition) is 6. The predicted octanol–water partition coefficient (Wildman–Crippen LogP) is 3.59. The van der Waals surface area contributed by atoms with Crippen molar-refractivity contribution in [2.45, 2.75) is 17.6 Å². The molecule has 7 nitrogen and oxygen atoms in total. The van der Waals surface area contributed by atoms with E-state index in [1.54, 1.807) is 12.1 Å². The molecule has 0 saturated carbocycles. The maximum absolute atomic E-state index is 13.1. The molecule has 2 aromatic rings. The number of ether oxygens (including phenoxy) is 2. The average molecular weight is 495 g/mol. The van der Waals surface area contributed by atoms with Gasteiger partial charge in [0.05, 0.1) is 29.7 Å². The van der Waals surface area contributed by atoms with Crippen molar-refractivity contribution < 1.29 is 36.2 Å². The van der Waals surface area contributed by atoms with Gasteiger partial charge in [-0.05, 0) is 35.9 Å². The van der Waals surface area contributed by atoms with E-state index in [-0.39, 0.29) is 30.3 Å². The highest BCUT2D eigenvalue weighted by Crippen LogP contribution is 2.38. The molecule has 0 aromatic heterocycles. The molecule has 1 aliphatic heterocycles. The van der Waals surface area contributed by atoms with Gasteiger partial charge in [0.2, 0.25) is 15.8 Å². The van der Waals surface area contributed by atoms with Crippen molar-refractivity contribution in [2.24, 2.45) is 0 Å². The monoisotopic (exact) mass is 494 g/mol. The predicted molar refractivity (Wildman–Crippen MR) is 112 cm³/mol. The van der Waals surface area contributed by atoms with E-state index in [2.05, 4.69) is 0 Å². The molecule has 0 unspecified atom stereocenters. The highest BCUT2D eigenvalue weighted by atomic mass is 35.5. The van der Waals surface area contributed by atoms with Crippen LogP contribution in [0.4, 0.5) is 13.2 Å². The van der Waals surface area contributed by atoms with Crippen LogP contribution in [0.2, 0.25) is 5.02 Å². The Morgan fingerprint density at radius 3 is 2.09 bits per heavy atom. The lowest BCUT2D eigenvalue weighted by molar-refractivity contribution is -0.137. The molecule has 1 saturated heterocycles. The number of aromatic hydroxyl groups is 1. The number of nitrogens with zero attached hydrogens (tertiary/aromatic N) is 2. The van der Waals surface area contributed by atoms with Crippen molar-refractivity contribution in [3.8, 4) is 17.2 Å². The Morgan fingerprint density at radius 1 is 1.03 bits per heavy atom. The summed E-state index contributed by atoms with van der Waals surface area (Å²) in [4.78, 5) is 1.54. The van der Waals surface area contributed by atoms with Crippen LogP contribution >= 0.6 is 11.6 Å². The largest absolute Gasteiger partial charge is 0.502 e. The van der Waals surface area contributed by atoms with E-state index in [1.165, 1.54) is 14.2 Å². The number of rotatable bonds is 6. The fraction of sp³-hybridized carbons (Fsp3) is 0.400. The Labute approximate surface area is 189 Å². The number of sulfonamides is 1. The number of phenols is 1. The van der Waals surface area contributed by atoms with Gasteiger partial charge >= 0.3 is 6.18 Å². The summed E-state index contributed by atoms with van der Waals surface area (Å²) in [6.45, 7) is 1.40. The van der Waals surface area contributed by atoms with E-state index in [9.17, 15) is 26.7 Å². The van der Waals surface area contributed by atoms with Crippen molar-refractivity contribution in [1.82, 2.24) is 9.21 Å².